The van der Waals surface area contributed by atoms with Gasteiger partial charge in [-0.3, -0.25) is 9.38 Å². The van der Waals surface area contributed by atoms with E-state index in [4.69, 9.17) is 27.9 Å². The standard InChI is InChI=1S/C16H12Cl2FN5O/c1-7-15-22-23-16(13-9(17)5-20-6-10(13)18)24(15)11-3-8(19)4-12(25-2)14(11)21-7/h3,5-6,8H,4H2,1-2H3. The smallest absolute Gasteiger partial charge is 0.183 e. The van der Waals surface area contributed by atoms with Crippen LogP contribution in [0.1, 0.15) is 12.1 Å². The zero-order valence-corrected chi connectivity index (χ0v) is 14.8. The Labute approximate surface area is 151 Å². The first-order valence-electron chi connectivity index (χ1n) is 7.45. The van der Waals surface area contributed by atoms with Crippen molar-refractivity contribution < 1.29 is 9.13 Å². The van der Waals surface area contributed by atoms with Crippen molar-refractivity contribution in [3.8, 4) is 11.4 Å². The lowest BCUT2D eigenvalue weighted by Gasteiger charge is -2.14. The number of nitrogens with zero attached hydrogens (tertiary/aromatic N) is 5. The van der Waals surface area contributed by atoms with E-state index in [0.29, 0.717) is 49.2 Å². The van der Waals surface area contributed by atoms with Gasteiger partial charge in [-0.25, -0.2) is 9.37 Å². The monoisotopic (exact) mass is 379 g/mol. The topological polar surface area (TPSA) is 65.2 Å². The van der Waals surface area contributed by atoms with Gasteiger partial charge in [0, 0.05) is 18.8 Å². The van der Waals surface area contributed by atoms with Crippen LogP contribution in [-0.2, 0) is 4.74 Å². The highest BCUT2D eigenvalue weighted by atomic mass is 35.5. The number of alkyl halides is 1. The number of aromatic nitrogens is 5. The minimum atomic E-state index is -1.20. The van der Waals surface area contributed by atoms with Crippen molar-refractivity contribution in [3.63, 3.8) is 0 Å². The molecule has 0 bridgehead atoms. The van der Waals surface area contributed by atoms with Gasteiger partial charge in [-0.2, -0.15) is 0 Å². The molecule has 4 rings (SSSR count). The summed E-state index contributed by atoms with van der Waals surface area (Å²) >= 11 is 12.5. The Morgan fingerprint density at radius 3 is 2.64 bits per heavy atom. The average molecular weight is 380 g/mol. The second-order valence-electron chi connectivity index (χ2n) is 5.61. The van der Waals surface area contributed by atoms with E-state index >= 15 is 0 Å². The Morgan fingerprint density at radius 1 is 1.24 bits per heavy atom. The predicted molar refractivity (Wildman–Crippen MR) is 92.4 cm³/mol. The molecule has 3 heterocycles. The number of pyridine rings is 1. The summed E-state index contributed by atoms with van der Waals surface area (Å²) in [6.45, 7) is 1.80. The van der Waals surface area contributed by atoms with Crippen molar-refractivity contribution in [2.24, 2.45) is 0 Å². The molecular formula is C16H12Cl2FN5O. The summed E-state index contributed by atoms with van der Waals surface area (Å²) in [6.07, 6.45) is 3.36. The molecule has 0 saturated carbocycles. The molecule has 25 heavy (non-hydrogen) atoms. The SMILES string of the molecule is COC1=c2nc(C)c3nnc(-c4c(Cl)cncc4Cl)n3c2=CC(F)C1. The van der Waals surface area contributed by atoms with Crippen molar-refractivity contribution >= 4 is 40.7 Å². The highest BCUT2D eigenvalue weighted by Crippen LogP contribution is 2.32. The van der Waals surface area contributed by atoms with E-state index in [1.807, 2.05) is 0 Å². The zero-order valence-electron chi connectivity index (χ0n) is 13.3. The van der Waals surface area contributed by atoms with Crippen molar-refractivity contribution in [3.05, 3.63) is 38.8 Å². The number of halogens is 3. The van der Waals surface area contributed by atoms with Gasteiger partial charge in [0.05, 0.1) is 33.8 Å². The Hall–Kier alpha value is -2.25. The zero-order chi connectivity index (χ0) is 17.7. The molecule has 9 heteroatoms. The molecule has 0 saturated heterocycles. The summed E-state index contributed by atoms with van der Waals surface area (Å²) in [7, 11) is 1.50. The summed E-state index contributed by atoms with van der Waals surface area (Å²) in [4.78, 5) is 8.47. The van der Waals surface area contributed by atoms with Gasteiger partial charge in [0.15, 0.2) is 11.5 Å². The molecule has 1 aliphatic carbocycles. The normalized spacial score (nSPS) is 16.7. The lowest BCUT2D eigenvalue weighted by molar-refractivity contribution is 0.315. The molecule has 0 aliphatic heterocycles. The molecule has 1 unspecified atom stereocenters. The third-order valence-corrected chi connectivity index (χ3v) is 4.63. The van der Waals surface area contributed by atoms with Crippen molar-refractivity contribution in [1.82, 2.24) is 24.6 Å². The van der Waals surface area contributed by atoms with Crippen molar-refractivity contribution in [2.45, 2.75) is 19.5 Å². The van der Waals surface area contributed by atoms with Crippen LogP contribution in [0.3, 0.4) is 0 Å². The van der Waals surface area contributed by atoms with Crippen LogP contribution in [0.5, 0.6) is 0 Å². The van der Waals surface area contributed by atoms with Gasteiger partial charge in [0.25, 0.3) is 0 Å². The summed E-state index contributed by atoms with van der Waals surface area (Å²) in [6, 6.07) is 0. The first kappa shape index (κ1) is 16.2. The van der Waals surface area contributed by atoms with E-state index in [9.17, 15) is 4.39 Å². The Kier molecular flexibility index (Phi) is 3.85. The first-order valence-corrected chi connectivity index (χ1v) is 8.21. The number of aryl methyl sites for hydroxylation is 1. The lowest BCUT2D eigenvalue weighted by atomic mass is 10.1. The Bertz CT molecular complexity index is 1110. The molecule has 0 fully saturated rings. The number of rotatable bonds is 2. The summed E-state index contributed by atoms with van der Waals surface area (Å²) in [5.74, 6) is 0.872. The molecule has 0 radical (unpaired) electrons. The molecule has 0 amide bonds. The number of ether oxygens (including phenoxy) is 1. The van der Waals surface area contributed by atoms with E-state index in [-0.39, 0.29) is 6.42 Å². The largest absolute Gasteiger partial charge is 0.499 e. The third kappa shape index (κ3) is 2.46. The van der Waals surface area contributed by atoms with Crippen LogP contribution in [0.25, 0.3) is 28.9 Å². The van der Waals surface area contributed by atoms with Gasteiger partial charge < -0.3 is 4.74 Å². The average Bonchev–Trinajstić information content (AvgIpc) is 3.01. The van der Waals surface area contributed by atoms with Crippen LogP contribution in [0.15, 0.2) is 12.4 Å². The maximum absolute atomic E-state index is 14.2. The van der Waals surface area contributed by atoms with Crippen LogP contribution in [0.4, 0.5) is 4.39 Å². The van der Waals surface area contributed by atoms with Gasteiger partial charge in [0.2, 0.25) is 0 Å². The van der Waals surface area contributed by atoms with Crippen LogP contribution in [0.2, 0.25) is 10.0 Å². The summed E-state index contributed by atoms with van der Waals surface area (Å²) < 4.78 is 21.3. The lowest BCUT2D eigenvalue weighted by Crippen LogP contribution is -2.41. The Balaban J connectivity index is 2.22. The number of methoxy groups -OCH3 is 1. The van der Waals surface area contributed by atoms with E-state index in [0.717, 1.165) is 0 Å². The van der Waals surface area contributed by atoms with Crippen molar-refractivity contribution in [1.29, 1.82) is 0 Å². The van der Waals surface area contributed by atoms with Crippen LogP contribution >= 0.6 is 23.2 Å². The summed E-state index contributed by atoms with van der Waals surface area (Å²) in [5.41, 5.74) is 1.62. The maximum Gasteiger partial charge on any atom is 0.183 e. The van der Waals surface area contributed by atoms with Gasteiger partial charge in [0.1, 0.15) is 17.3 Å². The molecule has 128 valence electrons. The van der Waals surface area contributed by atoms with Crippen LogP contribution < -0.4 is 10.7 Å². The molecule has 0 spiro atoms. The highest BCUT2D eigenvalue weighted by molar-refractivity contribution is 6.38. The first-order chi connectivity index (χ1) is 12.0. The molecule has 0 N–H and O–H groups in total. The van der Waals surface area contributed by atoms with Gasteiger partial charge in [-0.15, -0.1) is 10.2 Å². The molecule has 6 nitrogen and oxygen atoms in total. The second kappa shape index (κ2) is 5.93. The molecule has 3 aromatic heterocycles. The number of hydrogen-bond donors (Lipinski definition) is 0. The summed E-state index contributed by atoms with van der Waals surface area (Å²) in [5, 5.41) is 10.1. The van der Waals surface area contributed by atoms with Gasteiger partial charge >= 0.3 is 0 Å². The molecule has 3 aromatic rings. The fourth-order valence-corrected chi connectivity index (χ4v) is 3.49. The van der Waals surface area contributed by atoms with E-state index in [1.165, 1.54) is 25.6 Å². The Morgan fingerprint density at radius 2 is 1.96 bits per heavy atom. The van der Waals surface area contributed by atoms with Crippen LogP contribution in [-0.4, -0.2) is 37.8 Å². The molecular weight excluding hydrogens is 368 g/mol. The van der Waals surface area contributed by atoms with Crippen LogP contribution in [0, 0.1) is 6.92 Å². The maximum atomic E-state index is 14.2. The van der Waals surface area contributed by atoms with E-state index in [1.54, 1.807) is 11.3 Å². The molecule has 1 atom stereocenters. The number of hydrogen-bond acceptors (Lipinski definition) is 5. The highest BCUT2D eigenvalue weighted by Gasteiger charge is 2.22. The van der Waals surface area contributed by atoms with Gasteiger partial charge in [-0.05, 0) is 13.0 Å². The molecule has 0 aromatic carbocycles. The molecule has 1 aliphatic rings. The van der Waals surface area contributed by atoms with Gasteiger partial charge in [-0.1, -0.05) is 23.2 Å². The van der Waals surface area contributed by atoms with Crippen molar-refractivity contribution in [2.75, 3.05) is 7.11 Å². The predicted octanol–water partition coefficient (Wildman–Crippen LogP) is 2.08. The fourth-order valence-electron chi connectivity index (χ4n) is 2.96. The second-order valence-corrected chi connectivity index (χ2v) is 6.42. The quantitative estimate of drug-likeness (QED) is 0.681. The minimum absolute atomic E-state index is 0.135. The van der Waals surface area contributed by atoms with E-state index in [2.05, 4.69) is 20.2 Å². The number of fused-ring (bicyclic) bond motifs is 3. The third-order valence-electron chi connectivity index (χ3n) is 4.06. The minimum Gasteiger partial charge on any atom is -0.499 e. The fraction of sp³-hybridized carbons (Fsp3) is 0.250. The van der Waals surface area contributed by atoms with E-state index < -0.39 is 6.17 Å².